The van der Waals surface area contributed by atoms with E-state index in [9.17, 15) is 9.46 Å². The molecular formula is C18H30NO3P. The van der Waals surface area contributed by atoms with E-state index in [2.05, 4.69) is 0 Å². The van der Waals surface area contributed by atoms with Gasteiger partial charge in [0.25, 0.3) is 0 Å². The Morgan fingerprint density at radius 3 is 2.48 bits per heavy atom. The minimum atomic E-state index is -2.96. The van der Waals surface area contributed by atoms with Crippen molar-refractivity contribution in [2.24, 2.45) is 5.73 Å². The first-order chi connectivity index (χ1) is 11.1. The molecule has 0 saturated heterocycles. The quantitative estimate of drug-likeness (QED) is 0.528. The molecule has 3 N–H and O–H groups in total. The van der Waals surface area contributed by atoms with E-state index in [0.717, 1.165) is 50.7 Å². The van der Waals surface area contributed by atoms with Crippen LogP contribution in [0.5, 0.6) is 5.75 Å². The Kier molecular flexibility index (Phi) is 7.61. The molecule has 0 bridgehead atoms. The van der Waals surface area contributed by atoms with Gasteiger partial charge in [-0.3, -0.25) is 4.57 Å². The molecule has 2 rings (SSSR count). The highest BCUT2D eigenvalue weighted by atomic mass is 31.2. The van der Waals surface area contributed by atoms with E-state index in [1.807, 2.05) is 24.3 Å². The molecule has 23 heavy (non-hydrogen) atoms. The second-order valence-corrected chi connectivity index (χ2v) is 9.20. The zero-order chi connectivity index (χ0) is 16.5. The van der Waals surface area contributed by atoms with Gasteiger partial charge >= 0.3 is 0 Å². The first-order valence-electron chi connectivity index (χ1n) is 8.85. The van der Waals surface area contributed by atoms with Gasteiger partial charge in [0.15, 0.2) is 0 Å². The molecule has 1 unspecified atom stereocenters. The summed E-state index contributed by atoms with van der Waals surface area (Å²) in [5.74, 6) is 0.852. The normalized spacial score (nSPS) is 18.5. The van der Waals surface area contributed by atoms with Crippen LogP contribution >= 0.6 is 7.37 Å². The third-order valence-electron chi connectivity index (χ3n) is 4.64. The number of benzene rings is 1. The van der Waals surface area contributed by atoms with Crippen molar-refractivity contribution in [2.75, 3.05) is 19.3 Å². The molecule has 1 aromatic rings. The average molecular weight is 339 g/mol. The van der Waals surface area contributed by atoms with Crippen molar-refractivity contribution >= 4 is 7.37 Å². The van der Waals surface area contributed by atoms with Crippen LogP contribution in [0.15, 0.2) is 24.3 Å². The van der Waals surface area contributed by atoms with Crippen LogP contribution in [0.1, 0.15) is 50.5 Å². The van der Waals surface area contributed by atoms with Crippen molar-refractivity contribution in [1.29, 1.82) is 0 Å². The highest BCUT2D eigenvalue weighted by molar-refractivity contribution is 7.58. The van der Waals surface area contributed by atoms with Crippen LogP contribution in [0.2, 0.25) is 0 Å². The molecule has 0 aromatic heterocycles. The zero-order valence-electron chi connectivity index (χ0n) is 14.0. The lowest BCUT2D eigenvalue weighted by Gasteiger charge is -2.26. The molecule has 1 saturated carbocycles. The number of ether oxygens (including phenoxy) is 1. The molecule has 1 aliphatic rings. The van der Waals surface area contributed by atoms with Gasteiger partial charge in [0, 0.05) is 11.8 Å². The smallest absolute Gasteiger partial charge is 0.203 e. The Bertz CT molecular complexity index is 497. The summed E-state index contributed by atoms with van der Waals surface area (Å²) < 4.78 is 18.1. The zero-order valence-corrected chi connectivity index (χ0v) is 14.8. The van der Waals surface area contributed by atoms with E-state index in [4.69, 9.17) is 10.5 Å². The Balaban J connectivity index is 1.64. The summed E-state index contributed by atoms with van der Waals surface area (Å²) in [5, 5.41) is 0. The molecule has 0 heterocycles. The van der Waals surface area contributed by atoms with E-state index in [-0.39, 0.29) is 5.66 Å². The predicted octanol–water partition coefficient (Wildman–Crippen LogP) is 3.95. The molecule has 0 spiro atoms. The summed E-state index contributed by atoms with van der Waals surface area (Å²) in [7, 11) is -2.96. The molecule has 0 amide bonds. The highest BCUT2D eigenvalue weighted by Gasteiger charge is 2.31. The van der Waals surface area contributed by atoms with Crippen molar-refractivity contribution in [1.82, 2.24) is 0 Å². The van der Waals surface area contributed by atoms with E-state index < -0.39 is 7.37 Å². The summed E-state index contributed by atoms with van der Waals surface area (Å²) in [4.78, 5) is 10.2. The molecule has 1 aliphatic carbocycles. The Morgan fingerprint density at radius 1 is 1.13 bits per heavy atom. The van der Waals surface area contributed by atoms with Gasteiger partial charge in [0.05, 0.1) is 6.61 Å². The average Bonchev–Trinajstić information content (AvgIpc) is 2.57. The molecule has 0 aliphatic heterocycles. The minimum absolute atomic E-state index is 0.0484. The summed E-state index contributed by atoms with van der Waals surface area (Å²) >= 11 is 0. The number of unbranched alkanes of at least 4 members (excludes halogenated alkanes) is 1. The first-order valence-corrected chi connectivity index (χ1v) is 10.8. The topological polar surface area (TPSA) is 72.5 Å². The lowest BCUT2D eigenvalue weighted by molar-refractivity contribution is 0.308. The van der Waals surface area contributed by atoms with Gasteiger partial charge in [-0.2, -0.15) is 0 Å². The van der Waals surface area contributed by atoms with Crippen LogP contribution < -0.4 is 10.5 Å². The fourth-order valence-electron chi connectivity index (χ4n) is 3.22. The number of nitrogens with two attached hydrogens (primary N) is 1. The Labute approximate surface area is 139 Å². The van der Waals surface area contributed by atoms with Crippen LogP contribution in [-0.2, 0) is 11.0 Å². The molecule has 1 atom stereocenters. The maximum atomic E-state index is 12.4. The monoisotopic (exact) mass is 339 g/mol. The fourth-order valence-corrected chi connectivity index (χ4v) is 5.43. The Hall–Kier alpha value is -0.830. The maximum absolute atomic E-state index is 12.4. The SMILES string of the molecule is NCCc1ccc(OCCCCP(=O)(O)C2CCCCC2)cc1. The fraction of sp³-hybridized carbons (Fsp3) is 0.667. The Morgan fingerprint density at radius 2 is 1.83 bits per heavy atom. The van der Waals surface area contributed by atoms with Gasteiger partial charge in [-0.1, -0.05) is 31.4 Å². The van der Waals surface area contributed by atoms with E-state index in [0.29, 0.717) is 19.3 Å². The molecule has 1 fully saturated rings. The van der Waals surface area contributed by atoms with Crippen LogP contribution in [0, 0.1) is 0 Å². The van der Waals surface area contributed by atoms with Gasteiger partial charge in [-0.15, -0.1) is 0 Å². The second kappa shape index (κ2) is 9.46. The van der Waals surface area contributed by atoms with Crippen molar-refractivity contribution in [2.45, 2.75) is 57.0 Å². The van der Waals surface area contributed by atoms with Crippen LogP contribution in [-0.4, -0.2) is 29.9 Å². The summed E-state index contributed by atoms with van der Waals surface area (Å²) in [6.07, 6.45) is 8.20. The van der Waals surface area contributed by atoms with Gasteiger partial charge in [-0.05, 0) is 56.3 Å². The molecule has 1 aromatic carbocycles. The highest BCUT2D eigenvalue weighted by Crippen LogP contribution is 2.52. The van der Waals surface area contributed by atoms with Crippen molar-refractivity contribution in [3.63, 3.8) is 0 Å². The van der Waals surface area contributed by atoms with Gasteiger partial charge in [-0.25, -0.2) is 0 Å². The van der Waals surface area contributed by atoms with E-state index in [1.165, 1.54) is 12.0 Å². The summed E-state index contributed by atoms with van der Waals surface area (Å²) in [5.41, 5.74) is 6.79. The minimum Gasteiger partial charge on any atom is -0.494 e. The number of hydrogen-bond acceptors (Lipinski definition) is 3. The predicted molar refractivity (Wildman–Crippen MR) is 95.5 cm³/mol. The van der Waals surface area contributed by atoms with Crippen LogP contribution in [0.3, 0.4) is 0 Å². The standard InChI is InChI=1S/C18H30NO3P/c19-13-12-16-8-10-17(11-9-16)22-14-4-5-15-23(20,21)18-6-2-1-3-7-18/h8-11,18H,1-7,12-15,19H2,(H,20,21). The van der Waals surface area contributed by atoms with Crippen molar-refractivity contribution < 1.29 is 14.2 Å². The number of hydrogen-bond donors (Lipinski definition) is 2. The molecule has 0 radical (unpaired) electrons. The van der Waals surface area contributed by atoms with Crippen LogP contribution in [0.25, 0.3) is 0 Å². The molecular weight excluding hydrogens is 309 g/mol. The van der Waals surface area contributed by atoms with Crippen LogP contribution in [0.4, 0.5) is 0 Å². The lowest BCUT2D eigenvalue weighted by atomic mass is 10.0. The molecule has 5 heteroatoms. The molecule has 4 nitrogen and oxygen atoms in total. The second-order valence-electron chi connectivity index (χ2n) is 6.51. The summed E-state index contributed by atoms with van der Waals surface area (Å²) in [6.45, 7) is 1.25. The van der Waals surface area contributed by atoms with Crippen molar-refractivity contribution in [3.05, 3.63) is 29.8 Å². The molecule has 130 valence electrons. The third kappa shape index (κ3) is 6.29. The lowest BCUT2D eigenvalue weighted by Crippen LogP contribution is -2.15. The largest absolute Gasteiger partial charge is 0.494 e. The van der Waals surface area contributed by atoms with Gasteiger partial charge in [0.2, 0.25) is 7.37 Å². The summed E-state index contributed by atoms with van der Waals surface area (Å²) in [6, 6.07) is 7.99. The van der Waals surface area contributed by atoms with E-state index >= 15 is 0 Å². The maximum Gasteiger partial charge on any atom is 0.203 e. The van der Waals surface area contributed by atoms with Gasteiger partial charge < -0.3 is 15.4 Å². The van der Waals surface area contributed by atoms with Gasteiger partial charge in [0.1, 0.15) is 5.75 Å². The van der Waals surface area contributed by atoms with Crippen molar-refractivity contribution in [3.8, 4) is 5.75 Å². The van der Waals surface area contributed by atoms with E-state index in [1.54, 1.807) is 0 Å². The number of rotatable bonds is 9. The first kappa shape index (κ1) is 18.5. The third-order valence-corrected chi connectivity index (χ3v) is 7.26.